The van der Waals surface area contributed by atoms with Gasteiger partial charge in [-0.05, 0) is 63.1 Å². The Balaban J connectivity index is 0.000000182. The number of halogens is 2. The van der Waals surface area contributed by atoms with Crippen LogP contribution in [0.2, 0.25) is 0 Å². The third kappa shape index (κ3) is 10.5. The van der Waals surface area contributed by atoms with Gasteiger partial charge in [0.2, 0.25) is 23.7 Å². The van der Waals surface area contributed by atoms with E-state index in [9.17, 15) is 24.9 Å². The number of amides is 2. The molecule has 4 aromatic heterocycles. The second-order valence-electron chi connectivity index (χ2n) is 18.5. The fourth-order valence-corrected chi connectivity index (χ4v) is 8.77. The Bertz CT molecular complexity index is 3010. The highest BCUT2D eigenvalue weighted by molar-refractivity contribution is 6.04. The molecule has 2 fully saturated rings. The summed E-state index contributed by atoms with van der Waals surface area (Å²) in [6.45, 7) is 7.66. The molecular formula is C53H54F2N10O9. The normalized spacial score (nSPS) is 24.2. The predicted octanol–water partition coefficient (Wildman–Crippen LogP) is 7.33. The first-order valence-electron chi connectivity index (χ1n) is 23.8. The van der Waals surface area contributed by atoms with E-state index in [0.29, 0.717) is 16.6 Å². The minimum Gasteiger partial charge on any atom is -0.471 e. The number of carbonyl (C=O) groups is 2. The lowest BCUT2D eigenvalue weighted by Gasteiger charge is -2.25. The molecule has 2 aliphatic rings. The summed E-state index contributed by atoms with van der Waals surface area (Å²) >= 11 is 0. The first-order chi connectivity index (χ1) is 35.5. The van der Waals surface area contributed by atoms with Gasteiger partial charge in [0.1, 0.15) is 25.4 Å². The molecule has 2 saturated heterocycles. The van der Waals surface area contributed by atoms with Crippen LogP contribution in [0.5, 0.6) is 11.8 Å². The summed E-state index contributed by atoms with van der Waals surface area (Å²) in [7, 11) is 0. The first kappa shape index (κ1) is 51.1. The van der Waals surface area contributed by atoms with Crippen molar-refractivity contribution in [3.63, 3.8) is 0 Å². The van der Waals surface area contributed by atoms with E-state index in [1.165, 1.54) is 42.6 Å². The number of aliphatic hydroxyl groups excluding tert-OH is 3. The number of anilines is 2. The minimum absolute atomic E-state index is 0.0233. The SMILES string of the molecule is CC(O)[C@H]1O[C@@H](n2cnc3c(OCc4ccccc4)nc(NC(=O)c4ccccc4)nc32)[C@](C)(F)[C@@H]1C.CC(O)[C@H]1O[C@@H](n2cnc3c(OCc4ccccc4)nc(NC(=O)c4ccccc4)nc32)[C@](C)(F)[C@@H]1O. The number of alkyl halides is 2. The van der Waals surface area contributed by atoms with Gasteiger partial charge in [-0.1, -0.05) is 104 Å². The number of aliphatic hydroxyl groups is 3. The van der Waals surface area contributed by atoms with Crippen molar-refractivity contribution in [1.82, 2.24) is 39.0 Å². The quantitative estimate of drug-likeness (QED) is 0.0716. The monoisotopic (exact) mass is 1010 g/mol. The van der Waals surface area contributed by atoms with Crippen LogP contribution in [-0.2, 0) is 22.7 Å². The summed E-state index contributed by atoms with van der Waals surface area (Å²) in [6, 6.07) is 36.1. The van der Waals surface area contributed by atoms with E-state index in [1.807, 2.05) is 66.7 Å². The third-order valence-corrected chi connectivity index (χ3v) is 13.0. The van der Waals surface area contributed by atoms with Crippen LogP contribution in [0.3, 0.4) is 0 Å². The van der Waals surface area contributed by atoms with Crippen LogP contribution < -0.4 is 20.1 Å². The number of aromatic nitrogens is 8. The topological polar surface area (TPSA) is 243 Å². The van der Waals surface area contributed by atoms with Gasteiger partial charge in [-0.3, -0.25) is 29.4 Å². The molecule has 19 nitrogen and oxygen atoms in total. The lowest BCUT2D eigenvalue weighted by atomic mass is 9.88. The molecule has 6 heterocycles. The van der Waals surface area contributed by atoms with Gasteiger partial charge >= 0.3 is 0 Å². The largest absolute Gasteiger partial charge is 0.471 e. The minimum atomic E-state index is -2.28. The molecule has 0 spiro atoms. The van der Waals surface area contributed by atoms with Crippen LogP contribution >= 0.6 is 0 Å². The Morgan fingerprint density at radius 2 is 1.00 bits per heavy atom. The number of imidazole rings is 2. The zero-order chi connectivity index (χ0) is 52.3. The molecule has 74 heavy (non-hydrogen) atoms. The van der Waals surface area contributed by atoms with Crippen LogP contribution in [0.1, 0.15) is 78.9 Å². The number of nitrogens with zero attached hydrogens (tertiary/aromatic N) is 8. The van der Waals surface area contributed by atoms with E-state index in [4.69, 9.17) is 18.9 Å². The highest BCUT2D eigenvalue weighted by Crippen LogP contribution is 2.48. The molecule has 0 bridgehead atoms. The number of nitrogens with one attached hydrogen (secondary N) is 2. The number of fused-ring (bicyclic) bond motifs is 2. The van der Waals surface area contributed by atoms with Crippen LogP contribution in [0.25, 0.3) is 22.3 Å². The molecule has 384 valence electrons. The first-order valence-corrected chi connectivity index (χ1v) is 23.8. The highest BCUT2D eigenvalue weighted by Gasteiger charge is 2.57. The molecule has 0 aliphatic carbocycles. The van der Waals surface area contributed by atoms with Gasteiger partial charge in [-0.15, -0.1) is 0 Å². The molecule has 8 aromatic rings. The van der Waals surface area contributed by atoms with E-state index >= 15 is 8.78 Å². The zero-order valence-corrected chi connectivity index (χ0v) is 40.9. The third-order valence-electron chi connectivity index (χ3n) is 13.0. The molecule has 21 heteroatoms. The number of rotatable bonds is 14. The van der Waals surface area contributed by atoms with Crippen LogP contribution in [-0.4, -0.2) is 108 Å². The summed E-state index contributed by atoms with van der Waals surface area (Å²) < 4.78 is 58.0. The average Bonchev–Trinajstić information content (AvgIpc) is 4.14. The van der Waals surface area contributed by atoms with Gasteiger partial charge in [0, 0.05) is 17.0 Å². The van der Waals surface area contributed by atoms with Crippen LogP contribution in [0.15, 0.2) is 134 Å². The number of carbonyl (C=O) groups excluding carboxylic acids is 2. The van der Waals surface area contributed by atoms with Gasteiger partial charge in [0.25, 0.3) is 11.8 Å². The van der Waals surface area contributed by atoms with E-state index in [-0.39, 0.29) is 53.7 Å². The zero-order valence-electron chi connectivity index (χ0n) is 40.9. The lowest BCUT2D eigenvalue weighted by Crippen LogP contribution is -2.42. The number of hydrogen-bond acceptors (Lipinski definition) is 15. The fraction of sp³-hybridized carbons (Fsp3) is 0.321. The molecular weight excluding hydrogens is 959 g/mol. The van der Waals surface area contributed by atoms with E-state index < -0.39 is 72.0 Å². The smallest absolute Gasteiger partial charge is 0.258 e. The van der Waals surface area contributed by atoms with Gasteiger partial charge in [0.15, 0.2) is 46.1 Å². The maximum Gasteiger partial charge on any atom is 0.258 e. The molecule has 0 radical (unpaired) electrons. The van der Waals surface area contributed by atoms with Crippen molar-refractivity contribution in [2.45, 2.75) is 102 Å². The Labute approximate surface area is 423 Å². The Morgan fingerprint density at radius 1 is 0.622 bits per heavy atom. The van der Waals surface area contributed by atoms with Crippen molar-refractivity contribution < 1.29 is 52.6 Å². The predicted molar refractivity (Wildman–Crippen MR) is 266 cm³/mol. The number of ether oxygens (including phenoxy) is 4. The molecule has 2 amide bonds. The van der Waals surface area contributed by atoms with Crippen molar-refractivity contribution in [2.24, 2.45) is 5.92 Å². The number of hydrogen-bond donors (Lipinski definition) is 5. The molecule has 4 aromatic carbocycles. The van der Waals surface area contributed by atoms with E-state index in [1.54, 1.807) is 68.4 Å². The van der Waals surface area contributed by atoms with Crippen molar-refractivity contribution in [3.8, 4) is 11.8 Å². The fourth-order valence-electron chi connectivity index (χ4n) is 8.77. The molecule has 2 unspecified atom stereocenters. The van der Waals surface area contributed by atoms with Gasteiger partial charge in [-0.2, -0.15) is 19.9 Å². The molecule has 2 aliphatic heterocycles. The second kappa shape index (κ2) is 21.3. The Hall–Kier alpha value is -7.82. The van der Waals surface area contributed by atoms with E-state index in [0.717, 1.165) is 11.1 Å². The Morgan fingerprint density at radius 3 is 1.38 bits per heavy atom. The van der Waals surface area contributed by atoms with Crippen LogP contribution in [0.4, 0.5) is 20.7 Å². The van der Waals surface area contributed by atoms with Crippen LogP contribution in [0, 0.1) is 5.92 Å². The van der Waals surface area contributed by atoms with E-state index in [2.05, 4.69) is 40.5 Å². The van der Waals surface area contributed by atoms with Gasteiger partial charge in [0.05, 0.1) is 31.0 Å². The summed E-state index contributed by atoms with van der Waals surface area (Å²) in [5.74, 6) is -1.35. The molecule has 10 atom stereocenters. The molecule has 10 rings (SSSR count). The summed E-state index contributed by atoms with van der Waals surface area (Å²) in [5, 5.41) is 36.0. The molecule has 5 N–H and O–H groups in total. The highest BCUT2D eigenvalue weighted by atomic mass is 19.1. The average molecular weight is 1010 g/mol. The maximum atomic E-state index is 15.9. The summed E-state index contributed by atoms with van der Waals surface area (Å²) in [5.41, 5.74) is -0.654. The van der Waals surface area contributed by atoms with Crippen molar-refractivity contribution in [1.29, 1.82) is 0 Å². The summed E-state index contributed by atoms with van der Waals surface area (Å²) in [6.07, 6.45) is -5.22. The van der Waals surface area contributed by atoms with Gasteiger partial charge in [-0.25, -0.2) is 18.7 Å². The second-order valence-corrected chi connectivity index (χ2v) is 18.5. The lowest BCUT2D eigenvalue weighted by molar-refractivity contribution is -0.0795. The van der Waals surface area contributed by atoms with Gasteiger partial charge < -0.3 is 34.3 Å². The van der Waals surface area contributed by atoms with Crippen molar-refractivity contribution >= 4 is 46.0 Å². The molecule has 0 saturated carbocycles. The standard InChI is InChI=1S/C27H28FN5O4.C26H26FN5O5/c1-16-21(17(2)34)37-25(27(16,3)28)33-15-29-20-22(33)30-26(31-23(35)19-12-8-5-9-13-19)32-24(20)36-14-18-10-6-4-7-11-18;1-15(33)19-20(34)26(2,27)24(37-19)32-14-28-18-21(32)29-25(30-22(35)17-11-7-4-8-12-17)31-23(18)36-13-16-9-5-3-6-10-16/h4-13,15-17,21,25,34H,14H2,1-3H3,(H,30,31,32,35);3-12,14-15,19-20,24,33-34H,13H2,1-2H3,(H,29,30,31,35)/t16-,17?,21+,25-,27-;15?,19-,20-,24-,26-/m11/s1. The van der Waals surface area contributed by atoms with Crippen molar-refractivity contribution in [2.75, 3.05) is 10.6 Å². The summed E-state index contributed by atoms with van der Waals surface area (Å²) in [4.78, 5) is 52.0. The van der Waals surface area contributed by atoms with Crippen molar-refractivity contribution in [3.05, 3.63) is 156 Å². The number of benzene rings is 4. The maximum absolute atomic E-state index is 15.9. The Kier molecular flexibility index (Phi) is 14.7.